The molecule has 0 unspecified atom stereocenters. The second kappa shape index (κ2) is 7.97. The van der Waals surface area contributed by atoms with E-state index in [2.05, 4.69) is 10.6 Å². The van der Waals surface area contributed by atoms with E-state index in [4.69, 9.17) is 27.9 Å². The molecule has 10 heteroatoms. The van der Waals surface area contributed by atoms with Crippen molar-refractivity contribution >= 4 is 46.8 Å². The Morgan fingerprint density at radius 3 is 2.63 bits per heavy atom. The first kappa shape index (κ1) is 20.2. The zero-order valence-corrected chi connectivity index (χ0v) is 16.8. The quantitative estimate of drug-likeness (QED) is 0.697. The molecule has 1 atom stereocenters. The molecule has 2 aromatic rings. The third-order valence-corrected chi connectivity index (χ3v) is 5.25. The van der Waals surface area contributed by atoms with Gasteiger partial charge >= 0.3 is 12.0 Å². The molecule has 7 nitrogen and oxygen atoms in total. The first-order valence-electron chi connectivity index (χ1n) is 8.82. The van der Waals surface area contributed by atoms with Gasteiger partial charge in [0.1, 0.15) is 19.0 Å². The average molecular weight is 450 g/mol. The van der Waals surface area contributed by atoms with Crippen LogP contribution < -0.4 is 10.6 Å². The largest absolute Gasteiger partial charge is 0.456 e. The van der Waals surface area contributed by atoms with Gasteiger partial charge in [-0.05, 0) is 35.9 Å². The van der Waals surface area contributed by atoms with Gasteiger partial charge in [-0.3, -0.25) is 9.69 Å². The van der Waals surface area contributed by atoms with Crippen LogP contribution in [0.25, 0.3) is 0 Å². The number of halogens is 3. The molecule has 154 valence electrons. The van der Waals surface area contributed by atoms with Crippen molar-refractivity contribution in [3.63, 3.8) is 0 Å². The van der Waals surface area contributed by atoms with E-state index >= 15 is 0 Å². The highest BCUT2D eigenvalue weighted by molar-refractivity contribution is 6.31. The number of ether oxygens (including phenoxy) is 1. The third-order valence-electron chi connectivity index (χ3n) is 4.71. The lowest BCUT2D eigenvalue weighted by Crippen LogP contribution is -2.49. The number of urea groups is 1. The van der Waals surface area contributed by atoms with E-state index < -0.39 is 29.8 Å². The van der Waals surface area contributed by atoms with E-state index in [9.17, 15) is 18.8 Å². The second-order valence-corrected chi connectivity index (χ2v) is 7.48. The summed E-state index contributed by atoms with van der Waals surface area (Å²) in [5, 5.41) is 5.64. The Morgan fingerprint density at radius 2 is 1.93 bits per heavy atom. The van der Waals surface area contributed by atoms with Crippen LogP contribution >= 0.6 is 23.2 Å². The third kappa shape index (κ3) is 3.83. The molecular weight excluding hydrogens is 436 g/mol. The van der Waals surface area contributed by atoms with Crippen LogP contribution in [0.5, 0.6) is 0 Å². The number of rotatable bonds is 4. The van der Waals surface area contributed by atoms with Crippen molar-refractivity contribution in [2.24, 2.45) is 0 Å². The molecule has 0 saturated heterocycles. The lowest BCUT2D eigenvalue weighted by Gasteiger charge is -2.32. The topological polar surface area (TPSA) is 87.7 Å². The molecule has 0 aliphatic carbocycles. The number of nitrogens with one attached hydrogen (secondary N) is 2. The molecule has 30 heavy (non-hydrogen) atoms. The van der Waals surface area contributed by atoms with Gasteiger partial charge in [-0.25, -0.2) is 14.0 Å². The number of nitrogens with zero attached hydrogens (tertiary/aromatic N) is 1. The number of anilines is 1. The highest BCUT2D eigenvalue weighted by atomic mass is 35.5. The fourth-order valence-electron chi connectivity index (χ4n) is 3.30. The highest BCUT2D eigenvalue weighted by Crippen LogP contribution is 2.35. The van der Waals surface area contributed by atoms with Crippen LogP contribution in [0.4, 0.5) is 14.9 Å². The predicted molar refractivity (Wildman–Crippen MR) is 107 cm³/mol. The smallest absolute Gasteiger partial charge is 0.338 e. The van der Waals surface area contributed by atoms with Gasteiger partial charge in [0.2, 0.25) is 5.91 Å². The number of hydrogen-bond acceptors (Lipinski definition) is 4. The average Bonchev–Trinajstić information content (AvgIpc) is 3.09. The summed E-state index contributed by atoms with van der Waals surface area (Å²) < 4.78 is 18.4. The Bertz CT molecular complexity index is 1090. The first-order chi connectivity index (χ1) is 14.3. The minimum Gasteiger partial charge on any atom is -0.456 e. The summed E-state index contributed by atoms with van der Waals surface area (Å²) in [4.78, 5) is 38.6. The van der Waals surface area contributed by atoms with Gasteiger partial charge in [0.05, 0.1) is 22.3 Å². The minimum absolute atomic E-state index is 0.124. The molecule has 0 spiro atoms. The van der Waals surface area contributed by atoms with E-state index in [-0.39, 0.29) is 29.4 Å². The number of hydrogen-bond donors (Lipinski definition) is 2. The van der Waals surface area contributed by atoms with Crippen molar-refractivity contribution in [1.29, 1.82) is 0 Å². The molecule has 2 heterocycles. The maximum absolute atomic E-state index is 13.3. The zero-order chi connectivity index (χ0) is 21.4. The number of carbonyl (C=O) groups is 3. The number of amides is 3. The molecule has 0 bridgehead atoms. The molecule has 0 saturated carbocycles. The van der Waals surface area contributed by atoms with E-state index in [0.29, 0.717) is 16.3 Å². The molecule has 2 N–H and O–H groups in total. The molecule has 3 amide bonds. The predicted octanol–water partition coefficient (Wildman–Crippen LogP) is 3.65. The van der Waals surface area contributed by atoms with Gasteiger partial charge in [-0.2, -0.15) is 0 Å². The fraction of sp³-hybridized carbons (Fsp3) is 0.150. The van der Waals surface area contributed by atoms with Crippen LogP contribution in [0.3, 0.4) is 0 Å². The number of carbonyl (C=O) groups excluding carboxylic acids is 3. The van der Waals surface area contributed by atoms with Crippen molar-refractivity contribution < 1.29 is 23.5 Å². The van der Waals surface area contributed by atoms with Crippen molar-refractivity contribution in [3.8, 4) is 0 Å². The fourth-order valence-corrected chi connectivity index (χ4v) is 3.61. The van der Waals surface area contributed by atoms with E-state index in [1.165, 1.54) is 12.1 Å². The molecule has 0 radical (unpaired) electrons. The van der Waals surface area contributed by atoms with Crippen LogP contribution in [0.1, 0.15) is 11.6 Å². The lowest BCUT2D eigenvalue weighted by molar-refractivity contribution is -0.136. The van der Waals surface area contributed by atoms with E-state index in [1.807, 2.05) is 0 Å². The summed E-state index contributed by atoms with van der Waals surface area (Å²) in [5.41, 5.74) is 1.51. The zero-order valence-electron chi connectivity index (χ0n) is 15.2. The van der Waals surface area contributed by atoms with E-state index in [0.717, 1.165) is 11.0 Å². The molecule has 2 aromatic carbocycles. The Labute approximate surface area is 180 Å². The van der Waals surface area contributed by atoms with Crippen LogP contribution in [0.15, 0.2) is 53.7 Å². The van der Waals surface area contributed by atoms with E-state index in [1.54, 1.807) is 24.3 Å². The molecule has 2 aliphatic rings. The van der Waals surface area contributed by atoms with Crippen molar-refractivity contribution in [3.05, 3.63) is 75.2 Å². The standard InChI is InChI=1S/C20H14Cl2FN3O4/c21-11-3-1-10(2-4-11)18-17-15(9-30-19(17)28)26(20(29)25-18)8-16(27)24-12-5-6-14(23)13(22)7-12/h1-7,18H,8-9H2,(H,24,27)(H,25,29)/t18-/m0/s1. The van der Waals surface area contributed by atoms with Crippen LogP contribution in [-0.4, -0.2) is 36.0 Å². The summed E-state index contributed by atoms with van der Waals surface area (Å²) >= 11 is 11.6. The van der Waals surface area contributed by atoms with Gasteiger partial charge in [0.25, 0.3) is 0 Å². The molecule has 0 aromatic heterocycles. The van der Waals surface area contributed by atoms with Crippen molar-refractivity contribution in [2.45, 2.75) is 6.04 Å². The van der Waals surface area contributed by atoms with Gasteiger partial charge in [0, 0.05) is 10.7 Å². The second-order valence-electron chi connectivity index (χ2n) is 6.63. The van der Waals surface area contributed by atoms with Gasteiger partial charge in [-0.1, -0.05) is 35.3 Å². The SMILES string of the molecule is O=C(CN1C(=O)N[C@@H](c2ccc(Cl)cc2)C2=C1COC2=O)Nc1ccc(F)c(Cl)c1. The Hall–Kier alpha value is -3.10. The summed E-state index contributed by atoms with van der Waals surface area (Å²) in [6, 6.07) is 9.15. The summed E-state index contributed by atoms with van der Waals surface area (Å²) in [6.07, 6.45) is 0. The minimum atomic E-state index is -0.713. The summed E-state index contributed by atoms with van der Waals surface area (Å²) in [7, 11) is 0. The maximum atomic E-state index is 13.3. The number of cyclic esters (lactones) is 1. The van der Waals surface area contributed by atoms with Crippen molar-refractivity contribution in [2.75, 3.05) is 18.5 Å². The van der Waals surface area contributed by atoms with Crippen LogP contribution in [-0.2, 0) is 14.3 Å². The molecule has 2 aliphatic heterocycles. The summed E-state index contributed by atoms with van der Waals surface area (Å²) in [6.45, 7) is -0.495. The summed E-state index contributed by atoms with van der Waals surface area (Å²) in [5.74, 6) is -1.74. The van der Waals surface area contributed by atoms with Gasteiger partial charge in [-0.15, -0.1) is 0 Å². The maximum Gasteiger partial charge on any atom is 0.338 e. The van der Waals surface area contributed by atoms with Crippen LogP contribution in [0.2, 0.25) is 10.0 Å². The normalized spacial score (nSPS) is 18.1. The first-order valence-corrected chi connectivity index (χ1v) is 9.57. The molecular formula is C20H14Cl2FN3O4. The van der Waals surface area contributed by atoms with Crippen LogP contribution in [0, 0.1) is 5.82 Å². The van der Waals surface area contributed by atoms with Gasteiger partial charge < -0.3 is 15.4 Å². The Morgan fingerprint density at radius 1 is 1.20 bits per heavy atom. The van der Waals surface area contributed by atoms with Crippen molar-refractivity contribution in [1.82, 2.24) is 10.2 Å². The Kier molecular flexibility index (Phi) is 5.36. The highest BCUT2D eigenvalue weighted by Gasteiger charge is 2.42. The van der Waals surface area contributed by atoms with Gasteiger partial charge in [0.15, 0.2) is 0 Å². The molecule has 0 fully saturated rings. The Balaban J connectivity index is 1.58. The monoisotopic (exact) mass is 449 g/mol. The molecule has 4 rings (SSSR count). The number of esters is 1. The lowest BCUT2D eigenvalue weighted by atomic mass is 9.96. The number of benzene rings is 2.